The van der Waals surface area contributed by atoms with Crippen LogP contribution in [0.25, 0.3) is 0 Å². The Hall–Kier alpha value is -3.42. The Morgan fingerprint density at radius 3 is 2.53 bits per heavy atom. The first-order valence-corrected chi connectivity index (χ1v) is 10.6. The molecule has 32 heavy (non-hydrogen) atoms. The predicted octanol–water partition coefficient (Wildman–Crippen LogP) is 2.13. The number of guanidine groups is 1. The maximum Gasteiger partial charge on any atom is 0.387 e. The van der Waals surface area contributed by atoms with Gasteiger partial charge in [-0.3, -0.25) is 14.9 Å². The van der Waals surface area contributed by atoms with Crippen LogP contribution in [0.15, 0.2) is 29.3 Å². The molecule has 3 rings (SSSR count). The fourth-order valence-corrected chi connectivity index (χ4v) is 3.75. The van der Waals surface area contributed by atoms with Crippen molar-refractivity contribution < 1.29 is 23.1 Å². The van der Waals surface area contributed by atoms with Crippen LogP contribution in [0.2, 0.25) is 0 Å². The predicted molar refractivity (Wildman–Crippen MR) is 113 cm³/mol. The molecule has 11 heteroatoms. The average molecular weight is 448 g/mol. The van der Waals surface area contributed by atoms with E-state index in [0.29, 0.717) is 18.7 Å². The number of carbonyl (C=O) groups is 2. The molecule has 0 aromatic heterocycles. The summed E-state index contributed by atoms with van der Waals surface area (Å²) in [5.74, 6) is -0.259. The van der Waals surface area contributed by atoms with Crippen molar-refractivity contribution in [3.8, 4) is 11.9 Å². The van der Waals surface area contributed by atoms with Crippen LogP contribution in [0.4, 0.5) is 14.5 Å². The Labute approximate surface area is 185 Å². The van der Waals surface area contributed by atoms with Gasteiger partial charge in [-0.05, 0) is 56.4 Å². The second kappa shape index (κ2) is 11.3. The quantitative estimate of drug-likeness (QED) is 0.299. The SMILES string of the molecule is N#CNC(=N[C@H]1CCCCN(CC(=O)N2CCCC2)C1=O)Nc1ccc(OC(F)F)cc1. The van der Waals surface area contributed by atoms with Crippen molar-refractivity contribution in [1.29, 1.82) is 5.26 Å². The number of halogens is 2. The zero-order chi connectivity index (χ0) is 22.9. The summed E-state index contributed by atoms with van der Waals surface area (Å²) in [6, 6.07) is 4.93. The molecule has 2 N–H and O–H groups in total. The molecule has 2 aliphatic heterocycles. The number of ether oxygens (including phenoxy) is 1. The molecule has 0 bridgehead atoms. The van der Waals surface area contributed by atoms with Gasteiger partial charge in [-0.25, -0.2) is 4.99 Å². The number of likely N-dealkylation sites (tertiary alicyclic amines) is 2. The van der Waals surface area contributed by atoms with Crippen LogP contribution in [-0.2, 0) is 9.59 Å². The third kappa shape index (κ3) is 6.54. The first-order chi connectivity index (χ1) is 15.5. The van der Waals surface area contributed by atoms with Gasteiger partial charge in [-0.2, -0.15) is 14.0 Å². The van der Waals surface area contributed by atoms with E-state index in [0.717, 1.165) is 38.8 Å². The topological polar surface area (TPSA) is 110 Å². The number of alkyl halides is 2. The van der Waals surface area contributed by atoms with E-state index >= 15 is 0 Å². The van der Waals surface area contributed by atoms with Gasteiger partial charge >= 0.3 is 6.61 Å². The second-order valence-electron chi connectivity index (χ2n) is 7.60. The van der Waals surface area contributed by atoms with Crippen molar-refractivity contribution in [1.82, 2.24) is 15.1 Å². The molecule has 1 atom stereocenters. The number of aliphatic imine (C=N–C) groups is 1. The van der Waals surface area contributed by atoms with Crippen molar-refractivity contribution in [2.75, 3.05) is 31.5 Å². The number of rotatable bonds is 6. The van der Waals surface area contributed by atoms with Gasteiger partial charge in [0.15, 0.2) is 6.19 Å². The number of anilines is 1. The first kappa shape index (κ1) is 23.2. The molecule has 2 amide bonds. The van der Waals surface area contributed by atoms with Crippen molar-refractivity contribution in [2.24, 2.45) is 4.99 Å². The highest BCUT2D eigenvalue weighted by Gasteiger charge is 2.30. The van der Waals surface area contributed by atoms with Gasteiger partial charge in [0.2, 0.25) is 17.8 Å². The van der Waals surface area contributed by atoms with E-state index in [4.69, 9.17) is 5.26 Å². The summed E-state index contributed by atoms with van der Waals surface area (Å²) in [5, 5.41) is 14.4. The van der Waals surface area contributed by atoms with Crippen molar-refractivity contribution in [2.45, 2.75) is 44.8 Å². The third-order valence-corrected chi connectivity index (χ3v) is 5.34. The Morgan fingerprint density at radius 1 is 1.19 bits per heavy atom. The monoisotopic (exact) mass is 448 g/mol. The highest BCUT2D eigenvalue weighted by Crippen LogP contribution is 2.19. The van der Waals surface area contributed by atoms with Gasteiger partial charge in [-0.15, -0.1) is 0 Å². The van der Waals surface area contributed by atoms with E-state index in [1.54, 1.807) is 16.0 Å². The van der Waals surface area contributed by atoms with Gasteiger partial charge < -0.3 is 19.9 Å². The second-order valence-corrected chi connectivity index (χ2v) is 7.60. The molecule has 2 heterocycles. The molecule has 2 saturated heterocycles. The minimum atomic E-state index is -2.92. The van der Waals surface area contributed by atoms with Crippen molar-refractivity contribution >= 4 is 23.5 Å². The number of nitrogens with one attached hydrogen (secondary N) is 2. The van der Waals surface area contributed by atoms with E-state index in [-0.39, 0.29) is 30.1 Å². The first-order valence-electron chi connectivity index (χ1n) is 10.6. The Kier molecular flexibility index (Phi) is 8.19. The van der Waals surface area contributed by atoms with Crippen molar-refractivity contribution in [3.05, 3.63) is 24.3 Å². The molecule has 2 fully saturated rings. The summed E-state index contributed by atoms with van der Waals surface area (Å²) in [7, 11) is 0. The molecule has 0 radical (unpaired) electrons. The molecule has 0 spiro atoms. The standard InChI is InChI=1S/C21H26F2N6O3/c22-20(23)32-16-8-6-15(7-9-16)26-21(25-14-24)27-17-5-1-2-12-29(19(17)31)13-18(30)28-10-3-4-11-28/h6-9,17,20H,1-5,10-13H2,(H2,25,26,27)/t17-/m0/s1. The average Bonchev–Trinajstić information content (AvgIpc) is 3.25. The fourth-order valence-electron chi connectivity index (χ4n) is 3.75. The number of amides is 2. The summed E-state index contributed by atoms with van der Waals surface area (Å²) in [4.78, 5) is 33.3. The number of nitrogens with zero attached hydrogens (tertiary/aromatic N) is 4. The molecule has 1 aromatic carbocycles. The molecule has 0 saturated carbocycles. The summed E-state index contributed by atoms with van der Waals surface area (Å²) >= 11 is 0. The molecule has 2 aliphatic rings. The van der Waals surface area contributed by atoms with Gasteiger partial charge in [0.1, 0.15) is 11.8 Å². The van der Waals surface area contributed by atoms with Crippen LogP contribution in [0.3, 0.4) is 0 Å². The summed E-state index contributed by atoms with van der Waals surface area (Å²) in [5.41, 5.74) is 0.468. The lowest BCUT2D eigenvalue weighted by atomic mass is 10.1. The maximum absolute atomic E-state index is 13.1. The Bertz CT molecular complexity index is 865. The highest BCUT2D eigenvalue weighted by atomic mass is 19.3. The van der Waals surface area contributed by atoms with Gasteiger partial charge in [0.05, 0.1) is 6.54 Å². The fraction of sp³-hybridized carbons (Fsp3) is 0.524. The minimum Gasteiger partial charge on any atom is -0.435 e. The summed E-state index contributed by atoms with van der Waals surface area (Å²) < 4.78 is 28.9. The molecule has 0 aliphatic carbocycles. The van der Waals surface area contributed by atoms with Crippen LogP contribution in [0.5, 0.6) is 5.75 Å². The van der Waals surface area contributed by atoms with E-state index in [1.165, 1.54) is 24.3 Å². The van der Waals surface area contributed by atoms with E-state index in [1.807, 2.05) is 0 Å². The normalized spacial score (nSPS) is 19.5. The van der Waals surface area contributed by atoms with Crippen LogP contribution >= 0.6 is 0 Å². The third-order valence-electron chi connectivity index (χ3n) is 5.34. The minimum absolute atomic E-state index is 0.00506. The zero-order valence-corrected chi connectivity index (χ0v) is 17.6. The molecular weight excluding hydrogens is 422 g/mol. The number of nitriles is 1. The number of hydrogen-bond donors (Lipinski definition) is 2. The smallest absolute Gasteiger partial charge is 0.387 e. The zero-order valence-electron chi connectivity index (χ0n) is 17.6. The van der Waals surface area contributed by atoms with Crippen LogP contribution in [0, 0.1) is 11.5 Å². The van der Waals surface area contributed by atoms with E-state index in [9.17, 15) is 18.4 Å². The lowest BCUT2D eigenvalue weighted by Crippen LogP contribution is -2.45. The molecule has 0 unspecified atom stereocenters. The van der Waals surface area contributed by atoms with Crippen LogP contribution in [0.1, 0.15) is 32.1 Å². The summed E-state index contributed by atoms with van der Waals surface area (Å²) in [6.07, 6.45) is 5.76. The van der Waals surface area contributed by atoms with E-state index < -0.39 is 12.7 Å². The molecule has 9 nitrogen and oxygen atoms in total. The van der Waals surface area contributed by atoms with Crippen LogP contribution < -0.4 is 15.4 Å². The Morgan fingerprint density at radius 2 is 1.88 bits per heavy atom. The molecule has 172 valence electrons. The largest absolute Gasteiger partial charge is 0.435 e. The highest BCUT2D eigenvalue weighted by molar-refractivity contribution is 5.97. The molecular formula is C21H26F2N6O3. The Balaban J connectivity index is 1.69. The van der Waals surface area contributed by atoms with Gasteiger partial charge in [0, 0.05) is 25.3 Å². The number of benzene rings is 1. The lowest BCUT2D eigenvalue weighted by Gasteiger charge is -2.25. The molecule has 1 aromatic rings. The van der Waals surface area contributed by atoms with Gasteiger partial charge in [0.25, 0.3) is 0 Å². The lowest BCUT2D eigenvalue weighted by molar-refractivity contribution is -0.140. The van der Waals surface area contributed by atoms with Crippen molar-refractivity contribution in [3.63, 3.8) is 0 Å². The van der Waals surface area contributed by atoms with Crippen LogP contribution in [-0.4, -0.2) is 66.4 Å². The van der Waals surface area contributed by atoms with Gasteiger partial charge in [-0.1, -0.05) is 0 Å². The maximum atomic E-state index is 13.1. The summed E-state index contributed by atoms with van der Waals surface area (Å²) in [6.45, 7) is -0.948. The number of hydrogen-bond acceptors (Lipinski definition) is 5. The van der Waals surface area contributed by atoms with E-state index in [2.05, 4.69) is 20.4 Å². The number of carbonyl (C=O) groups excluding carboxylic acids is 2.